The highest BCUT2D eigenvalue weighted by molar-refractivity contribution is 5.18. The Morgan fingerprint density at radius 1 is 1.70 bits per heavy atom. The topological polar surface area (TPSA) is 26.0 Å². The van der Waals surface area contributed by atoms with Gasteiger partial charge in [0.05, 0.1) is 0 Å². The van der Waals surface area contributed by atoms with Crippen LogP contribution in [0.2, 0.25) is 0 Å². The van der Waals surface area contributed by atoms with Crippen molar-refractivity contribution < 1.29 is 0 Å². The Bertz CT molecular complexity index is 127. The highest BCUT2D eigenvalue weighted by Gasteiger charge is 2.12. The van der Waals surface area contributed by atoms with E-state index in [-0.39, 0.29) is 0 Å². The molecule has 1 rings (SSSR count). The van der Waals surface area contributed by atoms with Gasteiger partial charge in [0.2, 0.25) is 0 Å². The van der Waals surface area contributed by atoms with E-state index in [4.69, 9.17) is 5.73 Å². The minimum Gasteiger partial charge on any atom is -0.324 e. The van der Waals surface area contributed by atoms with Crippen LogP contribution in [0.4, 0.5) is 0 Å². The lowest BCUT2D eigenvalue weighted by Gasteiger charge is -2.21. The molecular formula is C9H17N. The molecule has 0 aromatic carbocycles. The van der Waals surface area contributed by atoms with Gasteiger partial charge in [-0.25, -0.2) is 0 Å². The van der Waals surface area contributed by atoms with Crippen LogP contribution in [0.25, 0.3) is 0 Å². The molecule has 1 unspecified atom stereocenters. The molecule has 1 nitrogen and oxygen atoms in total. The lowest BCUT2D eigenvalue weighted by atomic mass is 9.90. The van der Waals surface area contributed by atoms with Gasteiger partial charge < -0.3 is 5.73 Å². The van der Waals surface area contributed by atoms with Crippen molar-refractivity contribution in [2.24, 2.45) is 5.73 Å². The van der Waals surface area contributed by atoms with Gasteiger partial charge in [-0.2, -0.15) is 0 Å². The second-order valence-electron chi connectivity index (χ2n) is 3.07. The molecular weight excluding hydrogens is 122 g/mol. The van der Waals surface area contributed by atoms with Crippen molar-refractivity contribution in [1.29, 1.82) is 0 Å². The summed E-state index contributed by atoms with van der Waals surface area (Å²) in [7, 11) is 0. The van der Waals surface area contributed by atoms with Crippen LogP contribution in [0.1, 0.15) is 39.0 Å². The van der Waals surface area contributed by atoms with Crippen molar-refractivity contribution in [3.63, 3.8) is 0 Å². The lowest BCUT2D eigenvalue weighted by Crippen LogP contribution is -2.25. The van der Waals surface area contributed by atoms with Crippen LogP contribution in [-0.4, -0.2) is 6.04 Å². The van der Waals surface area contributed by atoms with Crippen LogP contribution in [0.5, 0.6) is 0 Å². The molecule has 0 saturated heterocycles. The minimum atomic E-state index is 0.383. The molecule has 1 aliphatic rings. The van der Waals surface area contributed by atoms with Gasteiger partial charge in [-0.1, -0.05) is 31.4 Å². The second-order valence-corrected chi connectivity index (χ2v) is 3.07. The first-order chi connectivity index (χ1) is 4.84. The minimum absolute atomic E-state index is 0.383. The van der Waals surface area contributed by atoms with Gasteiger partial charge in [0.25, 0.3) is 0 Å². The maximum Gasteiger partial charge on any atom is 0.0253 e. The van der Waals surface area contributed by atoms with E-state index in [0.717, 1.165) is 0 Å². The number of hydrogen-bond acceptors (Lipinski definition) is 1. The molecule has 10 heavy (non-hydrogen) atoms. The summed E-state index contributed by atoms with van der Waals surface area (Å²) in [6.45, 7) is 2.21. The normalized spacial score (nSPS) is 19.6. The largest absolute Gasteiger partial charge is 0.324 e. The fourth-order valence-electron chi connectivity index (χ4n) is 1.26. The fraction of sp³-hybridized carbons (Fsp3) is 0.778. The molecule has 0 radical (unpaired) electrons. The number of unbranched alkanes of at least 4 members (excludes halogenated alkanes) is 1. The number of rotatable bonds is 4. The summed E-state index contributed by atoms with van der Waals surface area (Å²) in [4.78, 5) is 0. The second kappa shape index (κ2) is 3.77. The average Bonchev–Trinajstić information content (AvgIpc) is 1.79. The van der Waals surface area contributed by atoms with Gasteiger partial charge in [-0.15, -0.1) is 0 Å². The number of allylic oxidation sites excluding steroid dienone is 1. The molecule has 0 amide bonds. The first kappa shape index (κ1) is 7.80. The molecule has 0 aromatic heterocycles. The first-order valence-corrected chi connectivity index (χ1v) is 4.29. The molecule has 0 bridgehead atoms. The van der Waals surface area contributed by atoms with Crippen LogP contribution in [0.3, 0.4) is 0 Å². The molecule has 1 atom stereocenters. The molecule has 0 spiro atoms. The van der Waals surface area contributed by atoms with E-state index in [9.17, 15) is 0 Å². The van der Waals surface area contributed by atoms with Crippen molar-refractivity contribution in [3.8, 4) is 0 Å². The third-order valence-corrected chi connectivity index (χ3v) is 2.18. The van der Waals surface area contributed by atoms with Crippen LogP contribution < -0.4 is 5.73 Å². The summed E-state index contributed by atoms with van der Waals surface area (Å²) < 4.78 is 0. The predicted octanol–water partition coefficient (Wildman–Crippen LogP) is 2.22. The van der Waals surface area contributed by atoms with E-state index >= 15 is 0 Å². The van der Waals surface area contributed by atoms with E-state index in [1.54, 1.807) is 0 Å². The lowest BCUT2D eigenvalue weighted by molar-refractivity contribution is 0.595. The standard InChI is InChI=1S/C9H17N/c1-2-3-7-9(10)8-5-4-6-8/h5,9H,2-4,6-7,10H2,1H3. The van der Waals surface area contributed by atoms with Crippen molar-refractivity contribution >= 4 is 0 Å². The van der Waals surface area contributed by atoms with Crippen molar-refractivity contribution in [2.45, 2.75) is 45.1 Å². The Morgan fingerprint density at radius 3 is 2.80 bits per heavy atom. The summed E-state index contributed by atoms with van der Waals surface area (Å²) in [5.41, 5.74) is 7.39. The summed E-state index contributed by atoms with van der Waals surface area (Å²) in [5.74, 6) is 0. The Morgan fingerprint density at radius 2 is 2.40 bits per heavy atom. The number of nitrogens with two attached hydrogens (primary N) is 1. The van der Waals surface area contributed by atoms with Gasteiger partial charge in [0, 0.05) is 6.04 Å². The zero-order valence-corrected chi connectivity index (χ0v) is 6.77. The SMILES string of the molecule is CCCCC(N)C1=CCC1. The maximum atomic E-state index is 5.90. The molecule has 0 fully saturated rings. The highest BCUT2D eigenvalue weighted by Crippen LogP contribution is 2.22. The Hall–Kier alpha value is -0.300. The zero-order valence-electron chi connectivity index (χ0n) is 6.77. The Labute approximate surface area is 63.3 Å². The summed E-state index contributed by atoms with van der Waals surface area (Å²) in [6.07, 6.45) is 8.52. The fourth-order valence-corrected chi connectivity index (χ4v) is 1.26. The van der Waals surface area contributed by atoms with Crippen molar-refractivity contribution in [2.75, 3.05) is 0 Å². The van der Waals surface area contributed by atoms with Crippen LogP contribution >= 0.6 is 0 Å². The van der Waals surface area contributed by atoms with Crippen molar-refractivity contribution in [3.05, 3.63) is 11.6 Å². The molecule has 0 heterocycles. The molecule has 1 heteroatoms. The van der Waals surface area contributed by atoms with E-state index in [2.05, 4.69) is 13.0 Å². The third-order valence-electron chi connectivity index (χ3n) is 2.18. The zero-order chi connectivity index (χ0) is 7.40. The quantitative estimate of drug-likeness (QED) is 0.594. The van der Waals surface area contributed by atoms with E-state index < -0.39 is 0 Å². The summed E-state index contributed by atoms with van der Waals surface area (Å²) in [5, 5.41) is 0. The predicted molar refractivity (Wildman–Crippen MR) is 44.8 cm³/mol. The summed E-state index contributed by atoms with van der Waals surface area (Å²) in [6, 6.07) is 0.383. The molecule has 0 saturated carbocycles. The third kappa shape index (κ3) is 1.84. The van der Waals surface area contributed by atoms with Gasteiger partial charge in [0.1, 0.15) is 0 Å². The Kier molecular flexibility index (Phi) is 2.94. The molecule has 1 aliphatic carbocycles. The summed E-state index contributed by atoms with van der Waals surface area (Å²) >= 11 is 0. The van der Waals surface area contributed by atoms with Gasteiger partial charge in [-0.3, -0.25) is 0 Å². The van der Waals surface area contributed by atoms with Gasteiger partial charge >= 0.3 is 0 Å². The van der Waals surface area contributed by atoms with Gasteiger partial charge in [-0.05, 0) is 19.3 Å². The molecule has 0 aromatic rings. The number of hydrogen-bond donors (Lipinski definition) is 1. The molecule has 0 aliphatic heterocycles. The highest BCUT2D eigenvalue weighted by atomic mass is 14.6. The maximum absolute atomic E-state index is 5.90. The Balaban J connectivity index is 2.14. The van der Waals surface area contributed by atoms with Crippen LogP contribution in [0, 0.1) is 0 Å². The van der Waals surface area contributed by atoms with Crippen molar-refractivity contribution in [1.82, 2.24) is 0 Å². The van der Waals surface area contributed by atoms with Crippen LogP contribution in [0.15, 0.2) is 11.6 Å². The van der Waals surface area contributed by atoms with E-state index in [1.165, 1.54) is 37.7 Å². The van der Waals surface area contributed by atoms with Crippen LogP contribution in [-0.2, 0) is 0 Å². The molecule has 2 N–H and O–H groups in total. The van der Waals surface area contributed by atoms with Gasteiger partial charge in [0.15, 0.2) is 0 Å². The van der Waals surface area contributed by atoms with E-state index in [1.807, 2.05) is 0 Å². The average molecular weight is 139 g/mol. The molecule has 58 valence electrons. The first-order valence-electron chi connectivity index (χ1n) is 4.29. The van der Waals surface area contributed by atoms with E-state index in [0.29, 0.717) is 6.04 Å². The smallest absolute Gasteiger partial charge is 0.0253 e. The monoisotopic (exact) mass is 139 g/mol.